The number of allylic oxidation sites excluding steroid dienone is 2. The van der Waals surface area contributed by atoms with Gasteiger partial charge in [0.2, 0.25) is 5.78 Å². The van der Waals surface area contributed by atoms with Crippen molar-refractivity contribution in [3.05, 3.63) is 46.9 Å². The third-order valence-corrected chi connectivity index (χ3v) is 7.26. The molecule has 5 aliphatic rings. The number of nitrogens with zero attached hydrogens (tertiary/aromatic N) is 2. The summed E-state index contributed by atoms with van der Waals surface area (Å²) < 4.78 is 10.4. The fourth-order valence-electron chi connectivity index (χ4n) is 6.13. The van der Waals surface area contributed by atoms with Crippen molar-refractivity contribution < 1.29 is 19.1 Å². The quantitative estimate of drug-likeness (QED) is 0.427. The van der Waals surface area contributed by atoms with E-state index in [0.717, 1.165) is 42.9 Å². The third kappa shape index (κ3) is 1.94. The summed E-state index contributed by atoms with van der Waals surface area (Å²) in [5, 5.41) is 0. The number of esters is 1. The van der Waals surface area contributed by atoms with Crippen molar-refractivity contribution in [2.45, 2.75) is 32.2 Å². The number of aliphatic imine (C=N–C) groups is 1. The molecule has 0 saturated carbocycles. The first-order chi connectivity index (χ1) is 13.5. The van der Waals surface area contributed by atoms with Gasteiger partial charge < -0.3 is 9.47 Å². The van der Waals surface area contributed by atoms with Crippen LogP contribution in [0.15, 0.2) is 51.9 Å². The van der Waals surface area contributed by atoms with Crippen LogP contribution in [0.4, 0.5) is 0 Å². The molecule has 0 aromatic heterocycles. The van der Waals surface area contributed by atoms with Crippen molar-refractivity contribution in [2.75, 3.05) is 27.3 Å². The Morgan fingerprint density at radius 1 is 1.36 bits per heavy atom. The van der Waals surface area contributed by atoms with E-state index in [-0.39, 0.29) is 29.0 Å². The maximum absolute atomic E-state index is 12.8. The normalized spacial score (nSPS) is 35.6. The van der Waals surface area contributed by atoms with Crippen molar-refractivity contribution in [3.63, 3.8) is 0 Å². The topological polar surface area (TPSA) is 68.2 Å². The van der Waals surface area contributed by atoms with E-state index in [0.29, 0.717) is 12.0 Å². The van der Waals surface area contributed by atoms with Gasteiger partial charge in [-0.05, 0) is 30.9 Å². The van der Waals surface area contributed by atoms with Crippen molar-refractivity contribution in [2.24, 2.45) is 15.8 Å². The maximum atomic E-state index is 12.8. The molecule has 6 heteroatoms. The molecule has 1 saturated heterocycles. The van der Waals surface area contributed by atoms with Gasteiger partial charge in [0.05, 0.1) is 36.6 Å². The van der Waals surface area contributed by atoms with Gasteiger partial charge in [-0.15, -0.1) is 0 Å². The van der Waals surface area contributed by atoms with E-state index in [1.54, 1.807) is 12.2 Å². The van der Waals surface area contributed by atoms with Crippen LogP contribution < -0.4 is 0 Å². The molecule has 0 unspecified atom stereocenters. The lowest BCUT2D eigenvalue weighted by Crippen LogP contribution is -2.57. The Kier molecular flexibility index (Phi) is 3.63. The molecular weight excluding hydrogens is 356 g/mol. The monoisotopic (exact) mass is 380 g/mol. The van der Waals surface area contributed by atoms with Crippen LogP contribution >= 0.6 is 0 Å². The molecule has 3 heterocycles. The lowest BCUT2D eigenvalue weighted by atomic mass is 9.54. The standard InChI is InChI=1S/C22H24N2O4/c1-4-21-6-5-8-24-9-7-22(20(21)24)14-10-16(25)17(27-2)11-15(14)23-18(22)13(12-21)19(26)28-3/h5-6,10-11,20H,4,7-9,12H2,1-3H3/t20-,21-,22-/m0/s1. The summed E-state index contributed by atoms with van der Waals surface area (Å²) in [6, 6.07) is 0.191. The van der Waals surface area contributed by atoms with Crippen LogP contribution in [0, 0.1) is 10.8 Å². The summed E-state index contributed by atoms with van der Waals surface area (Å²) in [6.07, 6.45) is 10.3. The molecule has 5 rings (SSSR count). The molecule has 0 N–H and O–H groups in total. The fourth-order valence-corrected chi connectivity index (χ4v) is 6.13. The Morgan fingerprint density at radius 3 is 2.89 bits per heavy atom. The first-order valence-electron chi connectivity index (χ1n) is 9.85. The highest BCUT2D eigenvalue weighted by Gasteiger charge is 2.66. The molecule has 0 bridgehead atoms. The molecule has 3 atom stereocenters. The van der Waals surface area contributed by atoms with Crippen LogP contribution in [0.2, 0.25) is 0 Å². The van der Waals surface area contributed by atoms with Crippen molar-refractivity contribution in [1.82, 2.24) is 4.90 Å². The number of carbonyl (C=O) groups is 2. The summed E-state index contributed by atoms with van der Waals surface area (Å²) in [6.45, 7) is 3.99. The zero-order chi connectivity index (χ0) is 19.7. The molecule has 146 valence electrons. The predicted octanol–water partition coefficient (Wildman–Crippen LogP) is 2.34. The van der Waals surface area contributed by atoms with Gasteiger partial charge in [-0.25, -0.2) is 4.79 Å². The average molecular weight is 380 g/mol. The molecule has 3 aliphatic heterocycles. The Morgan fingerprint density at radius 2 is 2.18 bits per heavy atom. The second-order valence-corrected chi connectivity index (χ2v) is 8.24. The molecule has 28 heavy (non-hydrogen) atoms. The molecular formula is C22H24N2O4. The zero-order valence-corrected chi connectivity index (χ0v) is 16.4. The van der Waals surface area contributed by atoms with E-state index >= 15 is 0 Å². The predicted molar refractivity (Wildman–Crippen MR) is 104 cm³/mol. The van der Waals surface area contributed by atoms with E-state index in [1.165, 1.54) is 14.2 Å². The zero-order valence-electron chi connectivity index (χ0n) is 16.4. The van der Waals surface area contributed by atoms with Crippen LogP contribution in [-0.4, -0.2) is 55.7 Å². The number of methoxy groups -OCH3 is 2. The smallest absolute Gasteiger partial charge is 0.335 e. The maximum Gasteiger partial charge on any atom is 0.335 e. The largest absolute Gasteiger partial charge is 0.493 e. The molecule has 2 aliphatic carbocycles. The summed E-state index contributed by atoms with van der Waals surface area (Å²) in [5.74, 6) is -0.161. The minimum Gasteiger partial charge on any atom is -0.493 e. The highest BCUT2D eigenvalue weighted by molar-refractivity contribution is 6.24. The van der Waals surface area contributed by atoms with Gasteiger partial charge >= 0.3 is 5.97 Å². The Labute approximate surface area is 164 Å². The molecule has 0 aromatic carbocycles. The molecule has 1 fully saturated rings. The third-order valence-electron chi connectivity index (χ3n) is 7.26. The number of hydrogen-bond acceptors (Lipinski definition) is 6. The van der Waals surface area contributed by atoms with Crippen LogP contribution in [0.5, 0.6) is 0 Å². The molecule has 6 nitrogen and oxygen atoms in total. The minimum absolute atomic E-state index is 0.135. The summed E-state index contributed by atoms with van der Waals surface area (Å²) >= 11 is 0. The van der Waals surface area contributed by atoms with Crippen LogP contribution in [-0.2, 0) is 19.1 Å². The van der Waals surface area contributed by atoms with E-state index in [1.807, 2.05) is 0 Å². The summed E-state index contributed by atoms with van der Waals surface area (Å²) in [5.41, 5.74) is 2.53. The van der Waals surface area contributed by atoms with Gasteiger partial charge in [-0.3, -0.25) is 14.7 Å². The Hall–Kier alpha value is -2.47. The second-order valence-electron chi connectivity index (χ2n) is 8.24. The Bertz CT molecular complexity index is 954. The van der Waals surface area contributed by atoms with Crippen LogP contribution in [0.3, 0.4) is 0 Å². The number of rotatable bonds is 3. The van der Waals surface area contributed by atoms with E-state index in [4.69, 9.17) is 14.5 Å². The number of ketones is 1. The molecule has 0 radical (unpaired) electrons. The molecule has 1 spiro atoms. The number of carbonyl (C=O) groups excluding carboxylic acids is 2. The van der Waals surface area contributed by atoms with Gasteiger partial charge in [0.15, 0.2) is 5.76 Å². The number of fused-ring (bicyclic) bond motifs is 1. The van der Waals surface area contributed by atoms with Crippen LogP contribution in [0.25, 0.3) is 0 Å². The van der Waals surface area contributed by atoms with Crippen LogP contribution in [0.1, 0.15) is 26.2 Å². The Balaban J connectivity index is 1.80. The summed E-state index contributed by atoms with van der Waals surface area (Å²) in [4.78, 5) is 32.8. The number of ether oxygens (including phenoxy) is 2. The molecule has 0 aromatic rings. The highest BCUT2D eigenvalue weighted by atomic mass is 16.5. The SMILES string of the molecule is CC[C@]12C=CCN3CC[C@@]4(C5=CC(=O)C(OC)=CC5=NC4=C(C(=O)OC)C1)[C@@H]32. The number of hydrogen-bond donors (Lipinski definition) is 0. The van der Waals surface area contributed by atoms with Crippen molar-refractivity contribution in [3.8, 4) is 0 Å². The lowest BCUT2D eigenvalue weighted by Gasteiger charge is -2.53. The molecule has 0 amide bonds. The second kappa shape index (κ2) is 5.77. The van der Waals surface area contributed by atoms with E-state index in [9.17, 15) is 9.59 Å². The van der Waals surface area contributed by atoms with Gasteiger partial charge in [0, 0.05) is 30.6 Å². The highest BCUT2D eigenvalue weighted by Crippen LogP contribution is 2.65. The van der Waals surface area contributed by atoms with Gasteiger partial charge in [-0.1, -0.05) is 19.1 Å². The van der Waals surface area contributed by atoms with Crippen molar-refractivity contribution in [1.29, 1.82) is 0 Å². The average Bonchev–Trinajstić information content (AvgIpc) is 3.26. The van der Waals surface area contributed by atoms with E-state index in [2.05, 4.69) is 24.0 Å². The van der Waals surface area contributed by atoms with E-state index < -0.39 is 5.41 Å². The summed E-state index contributed by atoms with van der Waals surface area (Å²) in [7, 11) is 2.92. The van der Waals surface area contributed by atoms with Gasteiger partial charge in [-0.2, -0.15) is 0 Å². The van der Waals surface area contributed by atoms with Gasteiger partial charge in [0.1, 0.15) is 0 Å². The van der Waals surface area contributed by atoms with Gasteiger partial charge in [0.25, 0.3) is 0 Å². The first-order valence-corrected chi connectivity index (χ1v) is 9.85. The lowest BCUT2D eigenvalue weighted by molar-refractivity contribution is -0.137. The van der Waals surface area contributed by atoms with Crippen molar-refractivity contribution >= 4 is 17.5 Å². The fraction of sp³-hybridized carbons (Fsp3) is 0.500. The first kappa shape index (κ1) is 17.6. The minimum atomic E-state index is -0.441.